The van der Waals surface area contributed by atoms with Gasteiger partial charge in [0.15, 0.2) is 0 Å². The minimum atomic E-state index is -3.46. The smallest absolute Gasteiger partial charge is 0.241 e. The summed E-state index contributed by atoms with van der Waals surface area (Å²) in [7, 11) is -3.46. The van der Waals surface area contributed by atoms with Crippen LogP contribution in [-0.2, 0) is 21.3 Å². The van der Waals surface area contributed by atoms with Crippen LogP contribution in [0.2, 0.25) is 0 Å². The molecule has 0 aromatic carbocycles. The lowest BCUT2D eigenvalue weighted by molar-refractivity contribution is 0.130. The quantitative estimate of drug-likeness (QED) is 0.646. The largest absolute Gasteiger partial charge is 0.381 e. The Morgan fingerprint density at radius 3 is 2.70 bits per heavy atom. The van der Waals surface area contributed by atoms with Crippen molar-refractivity contribution in [2.75, 3.05) is 19.8 Å². The molecule has 5 nitrogen and oxygen atoms in total. The van der Waals surface area contributed by atoms with Gasteiger partial charge in [0, 0.05) is 31.2 Å². The number of hydrogen-bond acceptors (Lipinski definition) is 5. The molecule has 0 aliphatic rings. The number of hydrogen-bond donors (Lipinski definition) is 2. The van der Waals surface area contributed by atoms with E-state index >= 15 is 0 Å². The van der Waals surface area contributed by atoms with E-state index in [0.29, 0.717) is 29.3 Å². The monoisotopic (exact) mass is 320 g/mol. The van der Waals surface area contributed by atoms with Crippen molar-refractivity contribution in [3.8, 4) is 0 Å². The Morgan fingerprint density at radius 1 is 1.35 bits per heavy atom. The number of nitrogens with one attached hydrogen (secondary N) is 1. The van der Waals surface area contributed by atoms with Crippen molar-refractivity contribution in [3.05, 3.63) is 15.8 Å². The highest BCUT2D eigenvalue weighted by atomic mass is 32.2. The summed E-state index contributed by atoms with van der Waals surface area (Å²) in [4.78, 5) is 1.05. The summed E-state index contributed by atoms with van der Waals surface area (Å²) >= 11 is 1.39. The Hall–Kier alpha value is -0.470. The standard InChI is InChI=1S/C13H24N2O3S2/c1-3-4-7-18-8-5-6-15-20(16,17)13-11(2)10-19-12(13)9-14/h10,15H,3-9,14H2,1-2H3. The predicted octanol–water partition coefficient (Wildman–Crippen LogP) is 2.00. The molecule has 0 spiro atoms. The molecule has 1 aromatic heterocycles. The van der Waals surface area contributed by atoms with Crippen LogP contribution in [-0.4, -0.2) is 28.2 Å². The minimum Gasteiger partial charge on any atom is -0.381 e. The van der Waals surface area contributed by atoms with Crippen molar-refractivity contribution in [1.29, 1.82) is 0 Å². The maximum Gasteiger partial charge on any atom is 0.241 e. The lowest BCUT2D eigenvalue weighted by Gasteiger charge is -2.08. The third-order valence-electron chi connectivity index (χ3n) is 2.84. The summed E-state index contributed by atoms with van der Waals surface area (Å²) in [6.45, 7) is 5.84. The summed E-state index contributed by atoms with van der Waals surface area (Å²) in [6.07, 6.45) is 2.82. The highest BCUT2D eigenvalue weighted by Gasteiger charge is 2.21. The van der Waals surface area contributed by atoms with Gasteiger partial charge in [-0.05, 0) is 30.7 Å². The van der Waals surface area contributed by atoms with Crippen LogP contribution in [0.5, 0.6) is 0 Å². The Balaban J connectivity index is 2.44. The maximum atomic E-state index is 12.2. The van der Waals surface area contributed by atoms with Crippen LogP contribution >= 0.6 is 11.3 Å². The highest BCUT2D eigenvalue weighted by Crippen LogP contribution is 2.26. The van der Waals surface area contributed by atoms with Crippen LogP contribution in [0.25, 0.3) is 0 Å². The zero-order valence-electron chi connectivity index (χ0n) is 12.1. The number of aryl methyl sites for hydroxylation is 1. The topological polar surface area (TPSA) is 81.4 Å². The van der Waals surface area contributed by atoms with Crippen molar-refractivity contribution >= 4 is 21.4 Å². The predicted molar refractivity (Wildman–Crippen MR) is 82.5 cm³/mol. The maximum absolute atomic E-state index is 12.2. The molecule has 1 rings (SSSR count). The van der Waals surface area contributed by atoms with Gasteiger partial charge in [0.2, 0.25) is 10.0 Å². The lowest BCUT2D eigenvalue weighted by Crippen LogP contribution is -2.27. The van der Waals surface area contributed by atoms with E-state index in [2.05, 4.69) is 11.6 Å². The van der Waals surface area contributed by atoms with Gasteiger partial charge in [0.05, 0.1) is 0 Å². The van der Waals surface area contributed by atoms with Crippen molar-refractivity contribution in [2.45, 2.75) is 44.6 Å². The molecule has 0 amide bonds. The summed E-state index contributed by atoms with van der Waals surface area (Å²) in [5, 5.41) is 1.82. The number of thiophene rings is 1. The SMILES string of the molecule is CCCCOCCCNS(=O)(=O)c1c(C)csc1CN. The molecule has 7 heteroatoms. The van der Waals surface area contributed by atoms with Gasteiger partial charge in [0.25, 0.3) is 0 Å². The van der Waals surface area contributed by atoms with E-state index in [9.17, 15) is 8.42 Å². The Morgan fingerprint density at radius 2 is 2.05 bits per heavy atom. The number of unbranched alkanes of at least 4 members (excludes halogenated alkanes) is 1. The number of sulfonamides is 1. The molecule has 0 aliphatic heterocycles. The molecule has 0 aliphatic carbocycles. The van der Waals surface area contributed by atoms with Gasteiger partial charge >= 0.3 is 0 Å². The van der Waals surface area contributed by atoms with Gasteiger partial charge in [-0.3, -0.25) is 0 Å². The van der Waals surface area contributed by atoms with Crippen LogP contribution in [0.1, 0.15) is 36.6 Å². The van der Waals surface area contributed by atoms with E-state index in [1.54, 1.807) is 6.92 Å². The molecule has 0 bridgehead atoms. The Labute approximate surface area is 125 Å². The van der Waals surface area contributed by atoms with E-state index in [1.165, 1.54) is 11.3 Å². The van der Waals surface area contributed by atoms with Crippen molar-refractivity contribution in [1.82, 2.24) is 4.72 Å². The molecule has 0 unspecified atom stereocenters. The summed E-state index contributed by atoms with van der Waals surface area (Å²) < 4.78 is 32.5. The fourth-order valence-corrected chi connectivity index (χ4v) is 4.56. The minimum absolute atomic E-state index is 0.245. The molecule has 3 N–H and O–H groups in total. The molecule has 1 aromatic rings. The van der Waals surface area contributed by atoms with Gasteiger partial charge in [-0.25, -0.2) is 13.1 Å². The molecular weight excluding hydrogens is 296 g/mol. The van der Waals surface area contributed by atoms with Gasteiger partial charge in [0.1, 0.15) is 4.90 Å². The first-order chi connectivity index (χ1) is 9.53. The van der Waals surface area contributed by atoms with Gasteiger partial charge in [-0.2, -0.15) is 0 Å². The van der Waals surface area contributed by atoms with E-state index in [1.807, 2.05) is 5.38 Å². The third-order valence-corrected chi connectivity index (χ3v) is 5.79. The fourth-order valence-electron chi connectivity index (χ4n) is 1.79. The average molecular weight is 320 g/mol. The first kappa shape index (κ1) is 17.6. The molecule has 0 fully saturated rings. The molecule has 116 valence electrons. The Bertz CT molecular complexity index is 498. The van der Waals surface area contributed by atoms with E-state index in [4.69, 9.17) is 10.5 Å². The van der Waals surface area contributed by atoms with Gasteiger partial charge < -0.3 is 10.5 Å². The summed E-state index contributed by atoms with van der Waals surface area (Å²) in [5.74, 6) is 0. The van der Waals surface area contributed by atoms with Gasteiger partial charge in [-0.15, -0.1) is 11.3 Å². The van der Waals surface area contributed by atoms with Crippen molar-refractivity contribution in [3.63, 3.8) is 0 Å². The zero-order chi connectivity index (χ0) is 15.0. The third kappa shape index (κ3) is 5.14. The molecule has 0 radical (unpaired) electrons. The van der Waals surface area contributed by atoms with E-state index < -0.39 is 10.0 Å². The zero-order valence-corrected chi connectivity index (χ0v) is 13.8. The number of rotatable bonds is 10. The van der Waals surface area contributed by atoms with Crippen LogP contribution in [0.3, 0.4) is 0 Å². The van der Waals surface area contributed by atoms with Gasteiger partial charge in [-0.1, -0.05) is 13.3 Å². The Kier molecular flexibility index (Phi) is 7.68. The first-order valence-electron chi connectivity index (χ1n) is 6.87. The number of nitrogens with two attached hydrogens (primary N) is 1. The average Bonchev–Trinajstić information content (AvgIpc) is 2.79. The van der Waals surface area contributed by atoms with Crippen LogP contribution < -0.4 is 10.5 Å². The summed E-state index contributed by atoms with van der Waals surface area (Å²) in [5.41, 5.74) is 6.33. The second-order valence-electron chi connectivity index (χ2n) is 4.59. The van der Waals surface area contributed by atoms with Crippen LogP contribution in [0.4, 0.5) is 0 Å². The van der Waals surface area contributed by atoms with Crippen LogP contribution in [0.15, 0.2) is 10.3 Å². The fraction of sp³-hybridized carbons (Fsp3) is 0.692. The normalized spacial score (nSPS) is 11.9. The van der Waals surface area contributed by atoms with Crippen molar-refractivity contribution < 1.29 is 13.2 Å². The van der Waals surface area contributed by atoms with E-state index in [0.717, 1.165) is 25.0 Å². The lowest BCUT2D eigenvalue weighted by atomic mass is 10.3. The second-order valence-corrected chi connectivity index (χ2v) is 7.26. The van der Waals surface area contributed by atoms with E-state index in [-0.39, 0.29) is 6.54 Å². The molecule has 20 heavy (non-hydrogen) atoms. The molecule has 1 heterocycles. The molecule has 0 saturated carbocycles. The number of ether oxygens (including phenoxy) is 1. The first-order valence-corrected chi connectivity index (χ1v) is 9.23. The van der Waals surface area contributed by atoms with Crippen LogP contribution in [0, 0.1) is 6.92 Å². The second kappa shape index (κ2) is 8.74. The van der Waals surface area contributed by atoms with Crippen molar-refractivity contribution in [2.24, 2.45) is 5.73 Å². The molecule has 0 saturated heterocycles. The molecular formula is C13H24N2O3S2. The highest BCUT2D eigenvalue weighted by molar-refractivity contribution is 7.89. The summed E-state index contributed by atoms with van der Waals surface area (Å²) in [6, 6.07) is 0. The molecule has 0 atom stereocenters.